The van der Waals surface area contributed by atoms with Gasteiger partial charge in [0.05, 0.1) is 0 Å². The summed E-state index contributed by atoms with van der Waals surface area (Å²) in [4.78, 5) is 19.7. The van der Waals surface area contributed by atoms with Crippen molar-refractivity contribution in [3.63, 3.8) is 0 Å². The van der Waals surface area contributed by atoms with Gasteiger partial charge in [-0.15, -0.1) is 0 Å². The molecule has 54 valence electrons. The molecule has 0 amide bonds. The number of hydrogen-bond donors (Lipinski definition) is 2. The normalized spacial score (nSPS) is 9.90. The van der Waals surface area contributed by atoms with Crippen molar-refractivity contribution in [3.8, 4) is 0 Å². The zero-order valence-corrected chi connectivity index (χ0v) is 4.79. The molecule has 0 bridgehead atoms. The summed E-state index contributed by atoms with van der Waals surface area (Å²) in [6.45, 7) is 1.22. The van der Waals surface area contributed by atoms with Gasteiger partial charge in [0.25, 0.3) is 0 Å². The first-order chi connectivity index (χ1) is 4.04. The topological polar surface area (TPSA) is 74.6 Å². The Hall–Kier alpha value is 0.161. The van der Waals surface area contributed by atoms with Crippen LogP contribution in [0, 0.1) is 0 Å². The van der Waals surface area contributed by atoms with E-state index < -0.39 is 11.9 Å². The van der Waals surface area contributed by atoms with E-state index in [0.29, 0.717) is 6.08 Å². The van der Waals surface area contributed by atoms with Crippen molar-refractivity contribution < 1.29 is 19.8 Å². The van der Waals surface area contributed by atoms with Gasteiger partial charge in [-0.2, -0.15) is 0 Å². The Labute approximate surface area is 94.8 Å². The van der Waals surface area contributed by atoms with E-state index in [1.54, 1.807) is 0 Å². The van der Waals surface area contributed by atoms with Crippen LogP contribution >= 0.6 is 0 Å². The zero-order chi connectivity index (χ0) is 7.44. The Kier molecular flexibility index (Phi) is 7.57. The van der Waals surface area contributed by atoms with Gasteiger partial charge in [-0.25, -0.2) is 9.59 Å². The fourth-order valence-electron chi connectivity index (χ4n) is 0.247. The van der Waals surface area contributed by atoms with E-state index in [2.05, 4.69) is 0 Å². The van der Waals surface area contributed by atoms with Gasteiger partial charge < -0.3 is 10.2 Å². The molecule has 0 aliphatic heterocycles. The average Bonchev–Trinajstić information content (AvgIpc) is 1.63. The molecule has 10 heavy (non-hydrogen) atoms. The molecule has 0 saturated carbocycles. The molecular formula is C5H8O4Sr. The van der Waals surface area contributed by atoms with Crippen LogP contribution in [0.25, 0.3) is 0 Å². The monoisotopic (exact) mass is 220 g/mol. The van der Waals surface area contributed by atoms with Gasteiger partial charge >= 0.3 is 57.4 Å². The van der Waals surface area contributed by atoms with Gasteiger partial charge in [0.1, 0.15) is 0 Å². The first-order valence-electron chi connectivity index (χ1n) is 2.18. The summed E-state index contributed by atoms with van der Waals surface area (Å²) in [5.41, 5.74) is -0.178. The number of carboxylic acid groups (broad SMARTS) is 2. The quantitative estimate of drug-likeness (QED) is 0.471. The summed E-state index contributed by atoms with van der Waals surface area (Å²) in [5, 5.41) is 16.1. The molecule has 0 saturated heterocycles. The summed E-state index contributed by atoms with van der Waals surface area (Å²) >= 11 is 0. The predicted molar refractivity (Wildman–Crippen MR) is 37.6 cm³/mol. The van der Waals surface area contributed by atoms with Gasteiger partial charge in [-0.05, 0) is 6.92 Å². The number of carboxylic acids is 2. The molecule has 0 heterocycles. The van der Waals surface area contributed by atoms with Crippen LogP contribution in [-0.2, 0) is 9.59 Å². The number of rotatable bonds is 2. The minimum atomic E-state index is -1.24. The molecule has 0 spiro atoms. The summed E-state index contributed by atoms with van der Waals surface area (Å²) in [7, 11) is 0. The standard InChI is InChI=1S/C5H6O4.Sr.2H/c1-3(5(8)9)2-4(6)7;;;/h2H,1H3,(H,6,7)(H,8,9);;;/b3-2+;;;. The summed E-state index contributed by atoms with van der Waals surface area (Å²) in [6.07, 6.45) is 0.641. The van der Waals surface area contributed by atoms with Gasteiger partial charge in [-0.3, -0.25) is 0 Å². The Morgan fingerprint density at radius 1 is 1.30 bits per heavy atom. The molecule has 0 aromatic rings. The second-order valence-corrected chi connectivity index (χ2v) is 1.47. The molecule has 0 aliphatic rings. The average molecular weight is 220 g/mol. The first-order valence-corrected chi connectivity index (χ1v) is 2.18. The molecule has 0 aromatic carbocycles. The molecule has 0 radical (unpaired) electrons. The van der Waals surface area contributed by atoms with Gasteiger partial charge in [0, 0.05) is 11.6 Å². The van der Waals surface area contributed by atoms with Crippen LogP contribution in [0.5, 0.6) is 0 Å². The molecule has 2 N–H and O–H groups in total. The fourth-order valence-corrected chi connectivity index (χ4v) is 0.247. The third kappa shape index (κ3) is 6.28. The van der Waals surface area contributed by atoms with E-state index in [0.717, 1.165) is 0 Å². The molecular weight excluding hydrogens is 212 g/mol. The zero-order valence-electron chi connectivity index (χ0n) is 4.79. The van der Waals surface area contributed by atoms with Crippen molar-refractivity contribution in [2.75, 3.05) is 0 Å². The van der Waals surface area contributed by atoms with Crippen LogP contribution < -0.4 is 0 Å². The molecule has 0 rings (SSSR count). The van der Waals surface area contributed by atoms with Crippen LogP contribution in [-0.4, -0.2) is 67.6 Å². The van der Waals surface area contributed by atoms with E-state index in [4.69, 9.17) is 10.2 Å². The van der Waals surface area contributed by atoms with Crippen LogP contribution in [0.15, 0.2) is 11.6 Å². The predicted octanol–water partition coefficient (Wildman–Crippen LogP) is -0.814. The van der Waals surface area contributed by atoms with Crippen molar-refractivity contribution in [2.24, 2.45) is 0 Å². The maximum absolute atomic E-state index is 9.90. The summed E-state index contributed by atoms with van der Waals surface area (Å²) in [6, 6.07) is 0. The van der Waals surface area contributed by atoms with Crippen molar-refractivity contribution in [3.05, 3.63) is 11.6 Å². The Morgan fingerprint density at radius 3 is 1.80 bits per heavy atom. The van der Waals surface area contributed by atoms with Gasteiger partial charge in [-0.1, -0.05) is 0 Å². The number of hydrogen-bond acceptors (Lipinski definition) is 2. The third-order valence-electron chi connectivity index (χ3n) is 0.677. The molecule has 5 heteroatoms. The molecule has 0 fully saturated rings. The second kappa shape index (κ2) is 5.91. The van der Waals surface area contributed by atoms with Crippen LogP contribution in [0.2, 0.25) is 0 Å². The molecule has 0 aromatic heterocycles. The summed E-state index contributed by atoms with van der Waals surface area (Å²) < 4.78 is 0. The number of aliphatic carboxylic acids is 2. The van der Waals surface area contributed by atoms with E-state index in [-0.39, 0.29) is 51.1 Å². The Bertz CT molecular complexity index is 172. The van der Waals surface area contributed by atoms with Gasteiger partial charge in [0.2, 0.25) is 0 Å². The van der Waals surface area contributed by atoms with E-state index in [9.17, 15) is 9.59 Å². The van der Waals surface area contributed by atoms with E-state index in [1.807, 2.05) is 0 Å². The first kappa shape index (κ1) is 12.8. The second-order valence-electron chi connectivity index (χ2n) is 1.47. The maximum atomic E-state index is 9.90. The van der Waals surface area contributed by atoms with Crippen LogP contribution in [0.1, 0.15) is 6.92 Å². The Morgan fingerprint density at radius 2 is 1.70 bits per heavy atom. The van der Waals surface area contributed by atoms with E-state index >= 15 is 0 Å². The van der Waals surface area contributed by atoms with Crippen molar-refractivity contribution in [1.82, 2.24) is 0 Å². The van der Waals surface area contributed by atoms with E-state index in [1.165, 1.54) is 6.92 Å². The van der Waals surface area contributed by atoms with Crippen molar-refractivity contribution in [2.45, 2.75) is 6.92 Å². The Balaban J connectivity index is 0. The van der Waals surface area contributed by atoms with Crippen LogP contribution in [0.4, 0.5) is 0 Å². The van der Waals surface area contributed by atoms with Gasteiger partial charge in [0.15, 0.2) is 0 Å². The van der Waals surface area contributed by atoms with Crippen molar-refractivity contribution in [1.29, 1.82) is 0 Å². The molecule has 0 aliphatic carbocycles. The molecule has 0 atom stereocenters. The SMILES string of the molecule is C/C(=C\C(=O)O)C(=O)O.[SrH2]. The van der Waals surface area contributed by atoms with Crippen molar-refractivity contribution >= 4 is 57.4 Å². The minimum absolute atomic E-state index is 0. The fraction of sp³-hybridized carbons (Fsp3) is 0.200. The van der Waals surface area contributed by atoms with Crippen LogP contribution in [0.3, 0.4) is 0 Å². The third-order valence-corrected chi connectivity index (χ3v) is 0.677. The molecule has 0 unspecified atom stereocenters. The summed E-state index contributed by atoms with van der Waals surface area (Å²) in [5.74, 6) is -2.45. The number of carbonyl (C=O) groups is 2. The molecule has 4 nitrogen and oxygen atoms in total.